The Balaban J connectivity index is 2.08. The number of phenols is 1. The summed E-state index contributed by atoms with van der Waals surface area (Å²) in [4.78, 5) is 12.0. The topological polar surface area (TPSA) is 75.3 Å². The summed E-state index contributed by atoms with van der Waals surface area (Å²) in [7, 11) is 0. The Kier molecular flexibility index (Phi) is 3.33. The van der Waals surface area contributed by atoms with Crippen molar-refractivity contribution < 1.29 is 9.90 Å². The summed E-state index contributed by atoms with van der Waals surface area (Å²) < 4.78 is 0. The average Bonchev–Trinajstić information content (AvgIpc) is 2.79. The van der Waals surface area contributed by atoms with Crippen molar-refractivity contribution in [3.8, 4) is 5.75 Å². The van der Waals surface area contributed by atoms with Gasteiger partial charge in [0.2, 0.25) is 0 Å². The number of nitrogens with one attached hydrogen (secondary N) is 1. The van der Waals surface area contributed by atoms with Crippen LogP contribution in [-0.2, 0) is 0 Å². The lowest BCUT2D eigenvalue weighted by atomic mass is 9.97. The van der Waals surface area contributed by atoms with Crippen LogP contribution in [0.5, 0.6) is 5.75 Å². The van der Waals surface area contributed by atoms with E-state index in [2.05, 4.69) is 5.32 Å². The molecule has 1 amide bonds. The normalized spacial score (nSPS) is 17.9. The van der Waals surface area contributed by atoms with Crippen LogP contribution in [0.4, 0.5) is 0 Å². The summed E-state index contributed by atoms with van der Waals surface area (Å²) in [5, 5.41) is 12.2. The lowest BCUT2D eigenvalue weighted by Gasteiger charge is -2.28. The third-order valence-corrected chi connectivity index (χ3v) is 3.46. The Morgan fingerprint density at radius 3 is 2.41 bits per heavy atom. The molecule has 92 valence electrons. The van der Waals surface area contributed by atoms with E-state index in [0.29, 0.717) is 12.1 Å². The summed E-state index contributed by atoms with van der Waals surface area (Å²) in [6.07, 6.45) is 4.14. The van der Waals surface area contributed by atoms with Crippen molar-refractivity contribution in [3.05, 3.63) is 29.8 Å². The first kappa shape index (κ1) is 11.9. The van der Waals surface area contributed by atoms with Gasteiger partial charge in [0.05, 0.1) is 5.54 Å². The van der Waals surface area contributed by atoms with E-state index < -0.39 is 0 Å². The average molecular weight is 234 g/mol. The van der Waals surface area contributed by atoms with Gasteiger partial charge in [0.15, 0.2) is 0 Å². The van der Waals surface area contributed by atoms with Crippen LogP contribution in [-0.4, -0.2) is 23.1 Å². The highest BCUT2D eigenvalue weighted by molar-refractivity contribution is 5.94. The number of amides is 1. The molecule has 2 rings (SSSR count). The predicted octanol–water partition coefficient (Wildman–Crippen LogP) is 1.39. The maximum absolute atomic E-state index is 12.0. The maximum atomic E-state index is 12.0. The SMILES string of the molecule is NCC1(NC(=O)c2ccc(O)cc2)CCCC1. The lowest BCUT2D eigenvalue weighted by molar-refractivity contribution is 0.0903. The highest BCUT2D eigenvalue weighted by Gasteiger charge is 2.33. The molecule has 0 radical (unpaired) electrons. The van der Waals surface area contributed by atoms with Crippen LogP contribution in [0.25, 0.3) is 0 Å². The minimum Gasteiger partial charge on any atom is -0.508 e. The lowest BCUT2D eigenvalue weighted by Crippen LogP contribution is -2.51. The van der Waals surface area contributed by atoms with Crippen LogP contribution in [0.3, 0.4) is 0 Å². The molecule has 1 fully saturated rings. The predicted molar refractivity (Wildman–Crippen MR) is 65.8 cm³/mol. The molecular weight excluding hydrogens is 216 g/mol. The van der Waals surface area contributed by atoms with E-state index in [0.717, 1.165) is 25.7 Å². The van der Waals surface area contributed by atoms with Gasteiger partial charge in [0, 0.05) is 12.1 Å². The largest absolute Gasteiger partial charge is 0.508 e. The Morgan fingerprint density at radius 1 is 1.29 bits per heavy atom. The second kappa shape index (κ2) is 4.75. The van der Waals surface area contributed by atoms with Crippen LogP contribution in [0.1, 0.15) is 36.0 Å². The Labute approximate surface area is 101 Å². The first-order valence-electron chi connectivity index (χ1n) is 5.97. The summed E-state index contributed by atoms with van der Waals surface area (Å²) in [5.41, 5.74) is 6.10. The van der Waals surface area contributed by atoms with Crippen molar-refractivity contribution in [2.24, 2.45) is 5.73 Å². The highest BCUT2D eigenvalue weighted by atomic mass is 16.3. The van der Waals surface area contributed by atoms with Crippen molar-refractivity contribution in [3.63, 3.8) is 0 Å². The van der Waals surface area contributed by atoms with Gasteiger partial charge in [-0.25, -0.2) is 0 Å². The molecule has 1 aliphatic rings. The molecule has 4 heteroatoms. The van der Waals surface area contributed by atoms with Crippen molar-refractivity contribution in [2.45, 2.75) is 31.2 Å². The standard InChI is InChI=1S/C13H18N2O2/c14-9-13(7-1-2-8-13)15-12(17)10-3-5-11(16)6-4-10/h3-6,16H,1-2,7-9,14H2,(H,15,17). The van der Waals surface area contributed by atoms with Crippen molar-refractivity contribution in [1.82, 2.24) is 5.32 Å². The van der Waals surface area contributed by atoms with Gasteiger partial charge in [-0.05, 0) is 37.1 Å². The highest BCUT2D eigenvalue weighted by Crippen LogP contribution is 2.29. The summed E-state index contributed by atoms with van der Waals surface area (Å²) in [6, 6.07) is 6.25. The number of benzene rings is 1. The van der Waals surface area contributed by atoms with Crippen LogP contribution in [0.15, 0.2) is 24.3 Å². The number of hydrogen-bond acceptors (Lipinski definition) is 3. The van der Waals surface area contributed by atoms with E-state index in [9.17, 15) is 4.79 Å². The second-order valence-corrected chi connectivity index (χ2v) is 4.69. The molecule has 0 saturated heterocycles. The molecule has 0 heterocycles. The fourth-order valence-electron chi connectivity index (χ4n) is 2.36. The van der Waals surface area contributed by atoms with Crippen molar-refractivity contribution >= 4 is 5.91 Å². The first-order valence-corrected chi connectivity index (χ1v) is 5.97. The van der Waals surface area contributed by atoms with Gasteiger partial charge in [-0.2, -0.15) is 0 Å². The zero-order chi connectivity index (χ0) is 12.3. The van der Waals surface area contributed by atoms with Crippen molar-refractivity contribution in [1.29, 1.82) is 0 Å². The molecule has 17 heavy (non-hydrogen) atoms. The number of carbonyl (C=O) groups is 1. The number of rotatable bonds is 3. The smallest absolute Gasteiger partial charge is 0.251 e. The number of aromatic hydroxyl groups is 1. The molecule has 0 unspecified atom stereocenters. The fraction of sp³-hybridized carbons (Fsp3) is 0.462. The molecular formula is C13H18N2O2. The molecule has 0 atom stereocenters. The molecule has 0 aromatic heterocycles. The van der Waals surface area contributed by atoms with Gasteiger partial charge >= 0.3 is 0 Å². The van der Waals surface area contributed by atoms with Gasteiger partial charge in [-0.15, -0.1) is 0 Å². The quantitative estimate of drug-likeness (QED) is 0.740. The van der Waals surface area contributed by atoms with E-state index in [1.807, 2.05) is 0 Å². The molecule has 0 aliphatic heterocycles. The number of phenolic OH excluding ortho intramolecular Hbond substituents is 1. The van der Waals surface area contributed by atoms with Crippen LogP contribution in [0, 0.1) is 0 Å². The minimum absolute atomic E-state index is 0.114. The molecule has 1 aliphatic carbocycles. The van der Waals surface area contributed by atoms with Gasteiger partial charge in [-0.1, -0.05) is 12.8 Å². The van der Waals surface area contributed by atoms with E-state index in [4.69, 9.17) is 10.8 Å². The van der Waals surface area contributed by atoms with Crippen LogP contribution < -0.4 is 11.1 Å². The zero-order valence-corrected chi connectivity index (χ0v) is 9.78. The third kappa shape index (κ3) is 2.58. The first-order chi connectivity index (χ1) is 8.15. The monoisotopic (exact) mass is 234 g/mol. The maximum Gasteiger partial charge on any atom is 0.251 e. The third-order valence-electron chi connectivity index (χ3n) is 3.46. The van der Waals surface area contributed by atoms with Crippen molar-refractivity contribution in [2.75, 3.05) is 6.54 Å². The van der Waals surface area contributed by atoms with E-state index in [1.54, 1.807) is 12.1 Å². The second-order valence-electron chi connectivity index (χ2n) is 4.69. The van der Waals surface area contributed by atoms with E-state index in [1.165, 1.54) is 12.1 Å². The molecule has 1 saturated carbocycles. The molecule has 0 bridgehead atoms. The van der Waals surface area contributed by atoms with Gasteiger partial charge < -0.3 is 16.2 Å². The molecule has 4 N–H and O–H groups in total. The van der Waals surface area contributed by atoms with E-state index >= 15 is 0 Å². The van der Waals surface area contributed by atoms with Crippen LogP contribution in [0.2, 0.25) is 0 Å². The van der Waals surface area contributed by atoms with Gasteiger partial charge in [-0.3, -0.25) is 4.79 Å². The summed E-state index contributed by atoms with van der Waals surface area (Å²) in [5.74, 6) is 0.0494. The van der Waals surface area contributed by atoms with E-state index in [-0.39, 0.29) is 17.2 Å². The summed E-state index contributed by atoms with van der Waals surface area (Å²) in [6.45, 7) is 0.483. The minimum atomic E-state index is -0.227. The fourth-order valence-corrected chi connectivity index (χ4v) is 2.36. The molecule has 1 aromatic carbocycles. The molecule has 1 aromatic rings. The van der Waals surface area contributed by atoms with Gasteiger partial charge in [0.25, 0.3) is 5.91 Å². The Morgan fingerprint density at radius 2 is 1.88 bits per heavy atom. The Hall–Kier alpha value is -1.55. The number of hydrogen-bond donors (Lipinski definition) is 3. The number of carbonyl (C=O) groups excluding carboxylic acids is 1. The molecule has 0 spiro atoms. The summed E-state index contributed by atoms with van der Waals surface area (Å²) >= 11 is 0. The molecule has 4 nitrogen and oxygen atoms in total. The van der Waals surface area contributed by atoms with Gasteiger partial charge in [0.1, 0.15) is 5.75 Å². The zero-order valence-electron chi connectivity index (χ0n) is 9.78. The van der Waals surface area contributed by atoms with Crippen LogP contribution >= 0.6 is 0 Å². The Bertz CT molecular complexity index is 394. The number of nitrogens with two attached hydrogens (primary N) is 1.